The summed E-state index contributed by atoms with van der Waals surface area (Å²) in [5.41, 5.74) is 0. The number of piperidine rings is 1. The third-order valence-electron chi connectivity index (χ3n) is 4.89. The molecule has 1 aliphatic heterocycles. The first kappa shape index (κ1) is 16.8. The van der Waals surface area contributed by atoms with Crippen LogP contribution in [0.5, 0.6) is 0 Å². The van der Waals surface area contributed by atoms with E-state index >= 15 is 0 Å². The van der Waals surface area contributed by atoms with E-state index in [1.165, 1.54) is 51.5 Å². The fourth-order valence-corrected chi connectivity index (χ4v) is 3.90. The second-order valence-corrected chi connectivity index (χ2v) is 7.04. The van der Waals surface area contributed by atoms with Crippen molar-refractivity contribution in [3.8, 4) is 0 Å². The van der Waals surface area contributed by atoms with Crippen molar-refractivity contribution in [2.75, 3.05) is 13.1 Å². The number of nitrogens with one attached hydrogen (secondary N) is 3. The van der Waals surface area contributed by atoms with Crippen LogP contribution < -0.4 is 16.0 Å². The molecule has 122 valence electrons. The normalized spacial score (nSPS) is 30.3. The smallest absolute Gasteiger partial charge is 0.221 e. The number of amides is 1. The molecule has 1 amide bonds. The maximum absolute atomic E-state index is 11.7. The highest BCUT2D eigenvalue weighted by Crippen LogP contribution is 2.30. The Morgan fingerprint density at radius 2 is 1.90 bits per heavy atom. The Hall–Kier alpha value is -0.610. The van der Waals surface area contributed by atoms with Crippen LogP contribution in [0.3, 0.4) is 0 Å². The predicted molar refractivity (Wildman–Crippen MR) is 87.3 cm³/mol. The lowest BCUT2D eigenvalue weighted by Gasteiger charge is -2.40. The number of hydrogen-bond acceptors (Lipinski definition) is 3. The van der Waals surface area contributed by atoms with Gasteiger partial charge in [-0.25, -0.2) is 0 Å². The van der Waals surface area contributed by atoms with Gasteiger partial charge in [-0.2, -0.15) is 0 Å². The highest BCUT2D eigenvalue weighted by molar-refractivity contribution is 5.76. The Kier molecular flexibility index (Phi) is 6.97. The van der Waals surface area contributed by atoms with Crippen LogP contribution in [0.15, 0.2) is 0 Å². The topological polar surface area (TPSA) is 53.2 Å². The van der Waals surface area contributed by atoms with Crippen LogP contribution in [0.2, 0.25) is 0 Å². The van der Waals surface area contributed by atoms with Gasteiger partial charge in [-0.3, -0.25) is 4.79 Å². The van der Waals surface area contributed by atoms with Crippen molar-refractivity contribution in [1.82, 2.24) is 16.0 Å². The molecule has 0 aromatic heterocycles. The number of rotatable bonds is 6. The van der Waals surface area contributed by atoms with E-state index in [1.54, 1.807) is 0 Å². The van der Waals surface area contributed by atoms with E-state index in [4.69, 9.17) is 0 Å². The summed E-state index contributed by atoms with van der Waals surface area (Å²) in [5, 5.41) is 10.4. The first-order chi connectivity index (χ1) is 10.2. The number of carbonyl (C=O) groups excluding carboxylic acids is 1. The summed E-state index contributed by atoms with van der Waals surface area (Å²) >= 11 is 0. The van der Waals surface area contributed by atoms with E-state index in [1.807, 2.05) is 13.8 Å². The minimum atomic E-state index is 0.167. The molecule has 0 aromatic carbocycles. The van der Waals surface area contributed by atoms with Gasteiger partial charge in [-0.1, -0.05) is 19.3 Å². The van der Waals surface area contributed by atoms with Crippen molar-refractivity contribution in [1.29, 1.82) is 0 Å². The third kappa shape index (κ3) is 5.59. The Morgan fingerprint density at radius 1 is 1.14 bits per heavy atom. The number of carbonyl (C=O) groups is 1. The summed E-state index contributed by atoms with van der Waals surface area (Å²) in [4.78, 5) is 11.7. The van der Waals surface area contributed by atoms with Crippen molar-refractivity contribution < 1.29 is 4.79 Å². The summed E-state index contributed by atoms with van der Waals surface area (Å²) in [6, 6.07) is 1.54. The molecule has 2 fully saturated rings. The van der Waals surface area contributed by atoms with Crippen molar-refractivity contribution in [3.63, 3.8) is 0 Å². The first-order valence-electron chi connectivity index (χ1n) is 8.93. The molecular formula is C17H33N3O. The summed E-state index contributed by atoms with van der Waals surface area (Å²) in [6.07, 6.45) is 9.95. The molecule has 0 aromatic rings. The number of hydrogen-bond donors (Lipinski definition) is 3. The Morgan fingerprint density at radius 3 is 2.62 bits per heavy atom. The van der Waals surface area contributed by atoms with Crippen LogP contribution >= 0.6 is 0 Å². The zero-order valence-electron chi connectivity index (χ0n) is 13.8. The van der Waals surface area contributed by atoms with Gasteiger partial charge in [0.1, 0.15) is 0 Å². The molecule has 1 saturated heterocycles. The van der Waals surface area contributed by atoms with Crippen molar-refractivity contribution >= 4 is 5.91 Å². The molecule has 21 heavy (non-hydrogen) atoms. The lowest BCUT2D eigenvalue weighted by molar-refractivity contribution is -0.121. The molecule has 1 aliphatic carbocycles. The Balaban J connectivity index is 1.75. The van der Waals surface area contributed by atoms with Gasteiger partial charge in [0.2, 0.25) is 5.91 Å². The van der Waals surface area contributed by atoms with E-state index in [-0.39, 0.29) is 11.9 Å². The van der Waals surface area contributed by atoms with Crippen LogP contribution in [0.1, 0.15) is 65.2 Å². The lowest BCUT2D eigenvalue weighted by Crippen LogP contribution is -2.51. The van der Waals surface area contributed by atoms with E-state index in [0.717, 1.165) is 12.5 Å². The summed E-state index contributed by atoms with van der Waals surface area (Å²) < 4.78 is 0. The summed E-state index contributed by atoms with van der Waals surface area (Å²) in [6.45, 7) is 6.02. The van der Waals surface area contributed by atoms with Gasteiger partial charge >= 0.3 is 0 Å². The van der Waals surface area contributed by atoms with Gasteiger partial charge in [0.25, 0.3) is 0 Å². The van der Waals surface area contributed by atoms with Gasteiger partial charge in [-0.05, 0) is 52.0 Å². The van der Waals surface area contributed by atoms with E-state index in [9.17, 15) is 4.79 Å². The third-order valence-corrected chi connectivity index (χ3v) is 4.89. The van der Waals surface area contributed by atoms with Gasteiger partial charge in [0.05, 0.1) is 0 Å². The maximum Gasteiger partial charge on any atom is 0.221 e. The van der Waals surface area contributed by atoms with Crippen LogP contribution in [0.4, 0.5) is 0 Å². The Labute approximate surface area is 129 Å². The van der Waals surface area contributed by atoms with E-state index in [2.05, 4.69) is 16.0 Å². The molecule has 3 atom stereocenters. The first-order valence-corrected chi connectivity index (χ1v) is 8.93. The van der Waals surface area contributed by atoms with E-state index < -0.39 is 0 Å². The zero-order valence-corrected chi connectivity index (χ0v) is 13.8. The molecular weight excluding hydrogens is 262 g/mol. The average molecular weight is 295 g/mol. The highest BCUT2D eigenvalue weighted by atomic mass is 16.1. The van der Waals surface area contributed by atoms with Crippen LogP contribution in [0.25, 0.3) is 0 Å². The predicted octanol–water partition coefficient (Wildman–Crippen LogP) is 2.19. The molecule has 1 heterocycles. The zero-order chi connectivity index (χ0) is 15.1. The van der Waals surface area contributed by atoms with Crippen LogP contribution in [-0.2, 0) is 4.79 Å². The van der Waals surface area contributed by atoms with Gasteiger partial charge < -0.3 is 16.0 Å². The van der Waals surface area contributed by atoms with Crippen molar-refractivity contribution in [2.24, 2.45) is 5.92 Å². The monoisotopic (exact) mass is 295 g/mol. The summed E-state index contributed by atoms with van der Waals surface area (Å²) in [5.74, 6) is 0.924. The summed E-state index contributed by atoms with van der Waals surface area (Å²) in [7, 11) is 0. The molecule has 3 unspecified atom stereocenters. The fourth-order valence-electron chi connectivity index (χ4n) is 3.90. The van der Waals surface area contributed by atoms with Gasteiger partial charge in [-0.15, -0.1) is 0 Å². The highest BCUT2D eigenvalue weighted by Gasteiger charge is 2.32. The average Bonchev–Trinajstić information content (AvgIpc) is 2.48. The quantitative estimate of drug-likeness (QED) is 0.704. The lowest BCUT2D eigenvalue weighted by atomic mass is 9.77. The van der Waals surface area contributed by atoms with Crippen molar-refractivity contribution in [2.45, 2.75) is 83.3 Å². The molecule has 0 bridgehead atoms. The minimum absolute atomic E-state index is 0.167. The van der Waals surface area contributed by atoms with Crippen molar-refractivity contribution in [3.05, 3.63) is 0 Å². The Bertz CT molecular complexity index is 313. The standard InChI is InChI=1S/C17H33N3O/c1-13(2)20-17(21)10-12-19-16-8-4-3-7-14(16)15-9-5-6-11-18-15/h13-16,18-19H,3-12H2,1-2H3,(H,20,21). The van der Waals surface area contributed by atoms with Crippen LogP contribution in [0, 0.1) is 5.92 Å². The molecule has 2 rings (SSSR count). The largest absolute Gasteiger partial charge is 0.354 e. The van der Waals surface area contributed by atoms with Gasteiger partial charge in [0, 0.05) is 31.1 Å². The molecule has 1 saturated carbocycles. The second-order valence-electron chi connectivity index (χ2n) is 7.04. The van der Waals surface area contributed by atoms with Crippen LogP contribution in [-0.4, -0.2) is 37.1 Å². The fraction of sp³-hybridized carbons (Fsp3) is 0.941. The van der Waals surface area contributed by atoms with E-state index in [0.29, 0.717) is 18.5 Å². The molecule has 3 N–H and O–H groups in total. The second kappa shape index (κ2) is 8.74. The molecule has 0 radical (unpaired) electrons. The molecule has 2 aliphatic rings. The minimum Gasteiger partial charge on any atom is -0.354 e. The molecule has 4 nitrogen and oxygen atoms in total. The SMILES string of the molecule is CC(C)NC(=O)CCNC1CCCCC1C1CCCCN1. The molecule has 0 spiro atoms. The maximum atomic E-state index is 11.7. The van der Waals surface area contributed by atoms with Gasteiger partial charge in [0.15, 0.2) is 0 Å². The molecule has 4 heteroatoms.